The maximum absolute atomic E-state index is 13.3. The van der Waals surface area contributed by atoms with Crippen molar-refractivity contribution in [3.05, 3.63) is 59.7 Å². The first-order valence-electron chi connectivity index (χ1n) is 12.7. The Morgan fingerprint density at radius 2 is 1.84 bits per heavy atom. The van der Waals surface area contributed by atoms with Crippen molar-refractivity contribution in [3.63, 3.8) is 0 Å². The number of hydrogen-bond acceptors (Lipinski definition) is 6. The van der Waals surface area contributed by atoms with Crippen molar-refractivity contribution in [2.45, 2.75) is 76.8 Å². The van der Waals surface area contributed by atoms with Crippen LogP contribution >= 0.6 is 0 Å². The Balaban J connectivity index is 1.63. The molecule has 0 unspecified atom stereocenters. The minimum absolute atomic E-state index is 0.0225. The fourth-order valence-corrected chi connectivity index (χ4v) is 4.42. The third kappa shape index (κ3) is 9.27. The molecule has 0 aliphatic heterocycles. The Labute approximate surface area is 220 Å². The minimum Gasteiger partial charge on any atom is -0.444 e. The fourth-order valence-electron chi connectivity index (χ4n) is 4.42. The Hall–Kier alpha value is -3.21. The second-order valence-electron chi connectivity index (χ2n) is 10.7. The monoisotopic (exact) mass is 536 g/mol. The summed E-state index contributed by atoms with van der Waals surface area (Å²) in [6.07, 6.45) is 1.01. The SMILES string of the molecule is CC(C)(C)OC(=O)NC1CCC(CN(C[C@@H](O)c2cccnc2)C(=O)Cc2ccc(C(F)(F)F)nc2)CC1. The van der Waals surface area contributed by atoms with Gasteiger partial charge in [-0.25, -0.2) is 4.79 Å². The van der Waals surface area contributed by atoms with E-state index in [1.807, 2.05) is 0 Å². The average molecular weight is 537 g/mol. The second-order valence-corrected chi connectivity index (χ2v) is 10.7. The molecule has 8 nitrogen and oxygen atoms in total. The van der Waals surface area contributed by atoms with Crippen LogP contribution in [-0.4, -0.2) is 56.7 Å². The van der Waals surface area contributed by atoms with Gasteiger partial charge in [-0.2, -0.15) is 13.2 Å². The third-order valence-corrected chi connectivity index (χ3v) is 6.33. The summed E-state index contributed by atoms with van der Waals surface area (Å²) in [7, 11) is 0. The first-order valence-corrected chi connectivity index (χ1v) is 12.7. The lowest BCUT2D eigenvalue weighted by Crippen LogP contribution is -2.43. The van der Waals surface area contributed by atoms with E-state index in [1.54, 1.807) is 44.0 Å². The van der Waals surface area contributed by atoms with Crippen molar-refractivity contribution in [2.75, 3.05) is 13.1 Å². The molecule has 0 saturated heterocycles. The van der Waals surface area contributed by atoms with Gasteiger partial charge in [0.05, 0.1) is 19.1 Å². The average Bonchev–Trinajstić information content (AvgIpc) is 2.84. The number of alkyl carbamates (subject to hydrolysis) is 1. The van der Waals surface area contributed by atoms with Gasteiger partial charge in [-0.05, 0) is 70.1 Å². The molecule has 0 aromatic carbocycles. The number of amides is 2. The normalized spacial score (nSPS) is 18.9. The van der Waals surface area contributed by atoms with Crippen molar-refractivity contribution >= 4 is 12.0 Å². The quantitative estimate of drug-likeness (QED) is 0.508. The summed E-state index contributed by atoms with van der Waals surface area (Å²) < 4.78 is 43.9. The van der Waals surface area contributed by atoms with E-state index in [2.05, 4.69) is 15.3 Å². The Kier molecular flexibility index (Phi) is 9.70. The highest BCUT2D eigenvalue weighted by molar-refractivity contribution is 5.78. The number of carbonyl (C=O) groups excluding carboxylic acids is 2. The molecule has 2 N–H and O–H groups in total. The fraction of sp³-hybridized carbons (Fsp3) is 0.556. The van der Waals surface area contributed by atoms with Crippen LogP contribution in [0.2, 0.25) is 0 Å². The molecule has 1 saturated carbocycles. The first kappa shape index (κ1) is 29.3. The van der Waals surface area contributed by atoms with Gasteiger partial charge in [-0.1, -0.05) is 12.1 Å². The van der Waals surface area contributed by atoms with E-state index in [0.717, 1.165) is 37.9 Å². The number of ether oxygens (including phenoxy) is 1. The van der Waals surface area contributed by atoms with Crippen molar-refractivity contribution in [2.24, 2.45) is 5.92 Å². The predicted octanol–water partition coefficient (Wildman–Crippen LogP) is 4.68. The van der Waals surface area contributed by atoms with Gasteiger partial charge >= 0.3 is 12.3 Å². The molecule has 1 fully saturated rings. The molecule has 0 radical (unpaired) electrons. The van der Waals surface area contributed by atoms with Crippen molar-refractivity contribution in [3.8, 4) is 0 Å². The van der Waals surface area contributed by atoms with E-state index in [1.165, 1.54) is 12.3 Å². The molecule has 2 heterocycles. The van der Waals surface area contributed by atoms with E-state index in [4.69, 9.17) is 4.74 Å². The highest BCUT2D eigenvalue weighted by atomic mass is 19.4. The first-order chi connectivity index (χ1) is 17.8. The number of nitrogens with zero attached hydrogens (tertiary/aromatic N) is 3. The smallest absolute Gasteiger partial charge is 0.433 e. The van der Waals surface area contributed by atoms with Crippen LogP contribution in [0.3, 0.4) is 0 Å². The van der Waals surface area contributed by atoms with Crippen molar-refractivity contribution in [1.29, 1.82) is 0 Å². The summed E-state index contributed by atoms with van der Waals surface area (Å²) in [5.41, 5.74) is -0.685. The number of aliphatic hydroxyl groups excluding tert-OH is 1. The number of hydrogen-bond donors (Lipinski definition) is 2. The molecule has 1 aliphatic rings. The van der Waals surface area contributed by atoms with Crippen LogP contribution < -0.4 is 5.32 Å². The second kappa shape index (κ2) is 12.6. The zero-order chi connectivity index (χ0) is 27.9. The molecule has 0 bridgehead atoms. The molecule has 1 aliphatic carbocycles. The van der Waals surface area contributed by atoms with Crippen LogP contribution in [0, 0.1) is 5.92 Å². The summed E-state index contributed by atoms with van der Waals surface area (Å²) in [4.78, 5) is 34.4. The van der Waals surface area contributed by atoms with Gasteiger partial charge in [0.1, 0.15) is 11.3 Å². The molecule has 1 atom stereocenters. The van der Waals surface area contributed by atoms with Crippen molar-refractivity contribution < 1.29 is 32.6 Å². The van der Waals surface area contributed by atoms with Crippen LogP contribution in [0.1, 0.15) is 69.4 Å². The van der Waals surface area contributed by atoms with E-state index in [0.29, 0.717) is 17.7 Å². The third-order valence-electron chi connectivity index (χ3n) is 6.33. The summed E-state index contributed by atoms with van der Waals surface area (Å²) in [5.74, 6) is -0.175. The van der Waals surface area contributed by atoms with Crippen LogP contribution in [-0.2, 0) is 22.1 Å². The Bertz CT molecular complexity index is 1050. The lowest BCUT2D eigenvalue weighted by molar-refractivity contribution is -0.141. The van der Waals surface area contributed by atoms with E-state index < -0.39 is 29.7 Å². The molecule has 38 heavy (non-hydrogen) atoms. The highest BCUT2D eigenvalue weighted by Crippen LogP contribution is 2.28. The van der Waals surface area contributed by atoms with Gasteiger partial charge in [0, 0.05) is 36.7 Å². The number of alkyl halides is 3. The summed E-state index contributed by atoms with van der Waals surface area (Å²) in [6.45, 7) is 5.80. The lowest BCUT2D eigenvalue weighted by Gasteiger charge is -2.34. The Morgan fingerprint density at radius 1 is 1.13 bits per heavy atom. The topological polar surface area (TPSA) is 105 Å². The molecular weight excluding hydrogens is 501 g/mol. The molecule has 3 rings (SSSR count). The summed E-state index contributed by atoms with van der Waals surface area (Å²) in [6, 6.07) is 5.49. The van der Waals surface area contributed by atoms with Gasteiger partial charge in [-0.3, -0.25) is 14.8 Å². The largest absolute Gasteiger partial charge is 0.444 e. The maximum atomic E-state index is 13.3. The highest BCUT2D eigenvalue weighted by Gasteiger charge is 2.32. The van der Waals surface area contributed by atoms with Gasteiger partial charge in [0.2, 0.25) is 5.91 Å². The maximum Gasteiger partial charge on any atom is 0.433 e. The lowest BCUT2D eigenvalue weighted by atomic mass is 9.85. The number of halogens is 3. The standard InChI is InChI=1S/C27H35F3N4O4/c1-26(2,3)38-25(37)33-21-9-6-18(7-10-21)16-34(17-22(35)20-5-4-12-31-15-20)24(36)13-19-8-11-23(32-14-19)27(28,29)30/h4-5,8,11-12,14-15,18,21-22,35H,6-7,9-10,13,16-17H2,1-3H3,(H,33,37)/t18?,21?,22-/m1/s1. The van der Waals surface area contributed by atoms with Crippen LogP contribution in [0.15, 0.2) is 42.9 Å². The predicted molar refractivity (Wildman–Crippen MR) is 134 cm³/mol. The number of aliphatic hydroxyl groups is 1. The van der Waals surface area contributed by atoms with Gasteiger partial charge in [0.25, 0.3) is 0 Å². The number of nitrogens with one attached hydrogen (secondary N) is 1. The molecule has 0 spiro atoms. The zero-order valence-electron chi connectivity index (χ0n) is 21.9. The number of pyridine rings is 2. The number of rotatable bonds is 8. The number of carbonyl (C=O) groups is 2. The van der Waals surface area contributed by atoms with Crippen LogP contribution in [0.5, 0.6) is 0 Å². The molecule has 2 amide bonds. The van der Waals surface area contributed by atoms with Gasteiger partial charge in [-0.15, -0.1) is 0 Å². The number of aromatic nitrogens is 2. The molecular formula is C27H35F3N4O4. The molecule has 2 aromatic heterocycles. The molecule has 2 aromatic rings. The molecule has 208 valence electrons. The van der Waals surface area contributed by atoms with E-state index in [9.17, 15) is 27.9 Å². The Morgan fingerprint density at radius 3 is 2.39 bits per heavy atom. The van der Waals surface area contributed by atoms with Crippen LogP contribution in [0.4, 0.5) is 18.0 Å². The van der Waals surface area contributed by atoms with Crippen LogP contribution in [0.25, 0.3) is 0 Å². The zero-order valence-corrected chi connectivity index (χ0v) is 21.9. The van der Waals surface area contributed by atoms with E-state index >= 15 is 0 Å². The van der Waals surface area contributed by atoms with Crippen molar-refractivity contribution in [1.82, 2.24) is 20.2 Å². The summed E-state index contributed by atoms with van der Waals surface area (Å²) in [5, 5.41) is 13.7. The molecule has 11 heteroatoms. The summed E-state index contributed by atoms with van der Waals surface area (Å²) >= 11 is 0. The van der Waals surface area contributed by atoms with Gasteiger partial charge < -0.3 is 20.1 Å². The van der Waals surface area contributed by atoms with Gasteiger partial charge in [0.15, 0.2) is 0 Å². The minimum atomic E-state index is -4.56. The van der Waals surface area contributed by atoms with E-state index in [-0.39, 0.29) is 30.8 Å².